The molecule has 0 atom stereocenters. The van der Waals surface area contributed by atoms with E-state index in [4.69, 9.17) is 11.5 Å². The Kier molecular flexibility index (Phi) is 8.11. The average molecular weight is 274 g/mol. The van der Waals surface area contributed by atoms with Crippen LogP contribution in [0.3, 0.4) is 0 Å². The van der Waals surface area contributed by atoms with Crippen LogP contribution in [0.2, 0.25) is 0 Å². The van der Waals surface area contributed by atoms with Gasteiger partial charge >= 0.3 is 0 Å². The van der Waals surface area contributed by atoms with Crippen LogP contribution in [0, 0.1) is 0 Å². The number of guanidine groups is 1. The Morgan fingerprint density at radius 1 is 1.00 bits per heavy atom. The Morgan fingerprint density at radius 3 is 2.30 bits per heavy atom. The van der Waals surface area contributed by atoms with E-state index < -0.39 is 0 Å². The van der Waals surface area contributed by atoms with Crippen molar-refractivity contribution in [1.82, 2.24) is 0 Å². The SMILES string of the molecule is CCCCCCCCc1ccc(C=NN=C(N)N)cc1. The molecule has 0 amide bonds. The average Bonchev–Trinajstić information content (AvgIpc) is 2.44. The lowest BCUT2D eigenvalue weighted by molar-refractivity contribution is 0.607. The van der Waals surface area contributed by atoms with Crippen LogP contribution in [0.15, 0.2) is 34.5 Å². The molecule has 110 valence electrons. The van der Waals surface area contributed by atoms with E-state index in [1.807, 2.05) is 12.1 Å². The molecule has 0 fully saturated rings. The third kappa shape index (κ3) is 7.56. The van der Waals surface area contributed by atoms with Gasteiger partial charge in [-0.1, -0.05) is 63.3 Å². The number of rotatable bonds is 9. The highest BCUT2D eigenvalue weighted by Gasteiger charge is 1.95. The lowest BCUT2D eigenvalue weighted by Gasteiger charge is -2.02. The molecule has 0 saturated heterocycles. The van der Waals surface area contributed by atoms with Crippen molar-refractivity contribution in [2.75, 3.05) is 0 Å². The fourth-order valence-electron chi connectivity index (χ4n) is 2.04. The summed E-state index contributed by atoms with van der Waals surface area (Å²) in [5.41, 5.74) is 12.8. The zero-order valence-corrected chi connectivity index (χ0v) is 12.4. The summed E-state index contributed by atoms with van der Waals surface area (Å²) in [6.07, 6.45) is 10.8. The first-order valence-corrected chi connectivity index (χ1v) is 7.43. The number of nitrogens with two attached hydrogens (primary N) is 2. The summed E-state index contributed by atoms with van der Waals surface area (Å²) < 4.78 is 0. The van der Waals surface area contributed by atoms with Crippen molar-refractivity contribution in [3.8, 4) is 0 Å². The highest BCUT2D eigenvalue weighted by molar-refractivity contribution is 5.81. The van der Waals surface area contributed by atoms with Crippen LogP contribution >= 0.6 is 0 Å². The van der Waals surface area contributed by atoms with Gasteiger partial charge in [0.05, 0.1) is 6.21 Å². The Labute approximate surface area is 122 Å². The number of aryl methyl sites for hydroxylation is 1. The highest BCUT2D eigenvalue weighted by Crippen LogP contribution is 2.10. The van der Waals surface area contributed by atoms with E-state index in [-0.39, 0.29) is 5.96 Å². The maximum atomic E-state index is 5.19. The second kappa shape index (κ2) is 10.0. The minimum Gasteiger partial charge on any atom is -0.369 e. The number of unbranched alkanes of at least 4 members (excludes halogenated alkanes) is 5. The molecule has 0 aromatic heterocycles. The van der Waals surface area contributed by atoms with Crippen molar-refractivity contribution < 1.29 is 0 Å². The van der Waals surface area contributed by atoms with Crippen LogP contribution < -0.4 is 11.5 Å². The Balaban J connectivity index is 2.28. The van der Waals surface area contributed by atoms with Gasteiger partial charge in [-0.25, -0.2) is 0 Å². The normalized spacial score (nSPS) is 10.8. The number of benzene rings is 1. The summed E-state index contributed by atoms with van der Waals surface area (Å²) >= 11 is 0. The fraction of sp³-hybridized carbons (Fsp3) is 0.500. The summed E-state index contributed by atoms with van der Waals surface area (Å²) in [4.78, 5) is 0. The summed E-state index contributed by atoms with van der Waals surface area (Å²) in [5, 5.41) is 7.36. The van der Waals surface area contributed by atoms with Gasteiger partial charge in [-0.2, -0.15) is 5.10 Å². The van der Waals surface area contributed by atoms with Gasteiger partial charge in [0.25, 0.3) is 0 Å². The number of hydrogen-bond acceptors (Lipinski definition) is 2. The first kappa shape index (κ1) is 16.2. The summed E-state index contributed by atoms with van der Waals surface area (Å²) in [5.74, 6) is -0.0269. The molecule has 0 bridgehead atoms. The minimum absolute atomic E-state index is 0.0269. The van der Waals surface area contributed by atoms with Gasteiger partial charge in [-0.05, 0) is 24.0 Å². The molecule has 0 heterocycles. The predicted octanol–water partition coefficient (Wildman–Crippen LogP) is 3.20. The molecule has 4 heteroatoms. The molecule has 0 aliphatic rings. The number of hydrogen-bond donors (Lipinski definition) is 2. The molecule has 20 heavy (non-hydrogen) atoms. The third-order valence-electron chi connectivity index (χ3n) is 3.18. The Morgan fingerprint density at radius 2 is 1.65 bits per heavy atom. The number of nitrogens with zero attached hydrogens (tertiary/aromatic N) is 2. The van der Waals surface area contributed by atoms with Crippen LogP contribution in [0.1, 0.15) is 56.6 Å². The molecule has 0 unspecified atom stereocenters. The van der Waals surface area contributed by atoms with Crippen molar-refractivity contribution in [3.63, 3.8) is 0 Å². The van der Waals surface area contributed by atoms with E-state index in [9.17, 15) is 0 Å². The van der Waals surface area contributed by atoms with E-state index in [1.165, 1.54) is 44.1 Å². The van der Waals surface area contributed by atoms with Gasteiger partial charge in [0.15, 0.2) is 0 Å². The largest absolute Gasteiger partial charge is 0.369 e. The van der Waals surface area contributed by atoms with Gasteiger partial charge in [0, 0.05) is 0 Å². The van der Waals surface area contributed by atoms with Gasteiger partial charge in [-0.15, -0.1) is 5.10 Å². The Bertz CT molecular complexity index is 417. The lowest BCUT2D eigenvalue weighted by Crippen LogP contribution is -2.21. The van der Waals surface area contributed by atoms with E-state index in [0.29, 0.717) is 0 Å². The minimum atomic E-state index is -0.0269. The zero-order chi connectivity index (χ0) is 14.6. The van der Waals surface area contributed by atoms with Gasteiger partial charge in [0.1, 0.15) is 0 Å². The molecule has 1 aromatic rings. The third-order valence-corrected chi connectivity index (χ3v) is 3.18. The van der Waals surface area contributed by atoms with Crippen molar-refractivity contribution in [2.24, 2.45) is 21.7 Å². The quantitative estimate of drug-likeness (QED) is 0.314. The van der Waals surface area contributed by atoms with Crippen LogP contribution in [0.4, 0.5) is 0 Å². The topological polar surface area (TPSA) is 76.8 Å². The van der Waals surface area contributed by atoms with Crippen LogP contribution in [-0.4, -0.2) is 12.2 Å². The van der Waals surface area contributed by atoms with E-state index in [0.717, 1.165) is 12.0 Å². The van der Waals surface area contributed by atoms with Crippen LogP contribution in [0.25, 0.3) is 0 Å². The van der Waals surface area contributed by atoms with Crippen molar-refractivity contribution in [3.05, 3.63) is 35.4 Å². The van der Waals surface area contributed by atoms with Gasteiger partial charge < -0.3 is 11.5 Å². The molecular weight excluding hydrogens is 248 g/mol. The van der Waals surface area contributed by atoms with Crippen LogP contribution in [-0.2, 0) is 6.42 Å². The molecule has 0 saturated carbocycles. The maximum Gasteiger partial charge on any atom is 0.211 e. The molecule has 1 rings (SSSR count). The molecule has 4 nitrogen and oxygen atoms in total. The second-order valence-corrected chi connectivity index (χ2v) is 5.03. The molecule has 1 aromatic carbocycles. The summed E-state index contributed by atoms with van der Waals surface area (Å²) in [6.45, 7) is 2.25. The van der Waals surface area contributed by atoms with Crippen LogP contribution in [0.5, 0.6) is 0 Å². The zero-order valence-electron chi connectivity index (χ0n) is 12.4. The first-order chi connectivity index (χ1) is 9.72. The van der Waals surface area contributed by atoms with Gasteiger partial charge in [-0.3, -0.25) is 0 Å². The van der Waals surface area contributed by atoms with Gasteiger partial charge in [0.2, 0.25) is 5.96 Å². The molecule has 0 spiro atoms. The van der Waals surface area contributed by atoms with Crippen molar-refractivity contribution in [2.45, 2.75) is 51.9 Å². The molecule has 0 radical (unpaired) electrons. The lowest BCUT2D eigenvalue weighted by atomic mass is 10.0. The summed E-state index contributed by atoms with van der Waals surface area (Å²) in [7, 11) is 0. The standard InChI is InChI=1S/C16H26N4/c1-2-3-4-5-6-7-8-14-9-11-15(12-10-14)13-19-20-16(17)18/h9-13H,2-8H2,1H3,(H4,17,18,20). The molecule has 0 aliphatic carbocycles. The second-order valence-electron chi connectivity index (χ2n) is 5.03. The molecular formula is C16H26N4. The van der Waals surface area contributed by atoms with E-state index >= 15 is 0 Å². The predicted molar refractivity (Wildman–Crippen MR) is 86.9 cm³/mol. The van der Waals surface area contributed by atoms with E-state index in [2.05, 4.69) is 29.3 Å². The highest BCUT2D eigenvalue weighted by atomic mass is 15.3. The van der Waals surface area contributed by atoms with Crippen molar-refractivity contribution in [1.29, 1.82) is 0 Å². The van der Waals surface area contributed by atoms with E-state index in [1.54, 1.807) is 6.21 Å². The monoisotopic (exact) mass is 274 g/mol. The summed E-state index contributed by atoms with van der Waals surface area (Å²) in [6, 6.07) is 8.36. The first-order valence-electron chi connectivity index (χ1n) is 7.43. The smallest absolute Gasteiger partial charge is 0.211 e. The maximum absolute atomic E-state index is 5.19. The van der Waals surface area contributed by atoms with Crippen molar-refractivity contribution >= 4 is 12.2 Å². The molecule has 0 aliphatic heterocycles. The Hall–Kier alpha value is -1.84. The fourth-order valence-corrected chi connectivity index (χ4v) is 2.04. The molecule has 4 N–H and O–H groups in total.